The molecule has 0 aliphatic carbocycles. The number of ether oxygens (including phenoxy) is 2. The van der Waals surface area contributed by atoms with Crippen molar-refractivity contribution in [2.75, 3.05) is 18.1 Å². The van der Waals surface area contributed by atoms with E-state index >= 15 is 0 Å². The predicted octanol–water partition coefficient (Wildman–Crippen LogP) is 4.47. The van der Waals surface area contributed by atoms with E-state index in [1.165, 1.54) is 6.08 Å². The SMILES string of the molecule is C=CCOc1ccc(Br)cc1/C=C1/C(=O)NC(=O)N(c2ccc(OCCC)cc2)C1=O. The third-order valence-corrected chi connectivity index (χ3v) is 4.79. The van der Waals surface area contributed by atoms with Crippen LogP contribution >= 0.6 is 15.9 Å². The molecule has 2 aromatic carbocycles. The zero-order chi connectivity index (χ0) is 22.4. The van der Waals surface area contributed by atoms with Crippen LogP contribution in [0.1, 0.15) is 18.9 Å². The molecule has 0 atom stereocenters. The summed E-state index contributed by atoms with van der Waals surface area (Å²) < 4.78 is 11.9. The maximum absolute atomic E-state index is 13.1. The highest BCUT2D eigenvalue weighted by atomic mass is 79.9. The number of hydrogen-bond acceptors (Lipinski definition) is 5. The lowest BCUT2D eigenvalue weighted by atomic mass is 10.1. The molecule has 1 fully saturated rings. The van der Waals surface area contributed by atoms with Crippen molar-refractivity contribution >= 4 is 45.5 Å². The molecular formula is C23H21BrN2O5. The fourth-order valence-electron chi connectivity index (χ4n) is 2.87. The van der Waals surface area contributed by atoms with Crippen LogP contribution in [0.4, 0.5) is 10.5 Å². The Labute approximate surface area is 188 Å². The number of amides is 4. The van der Waals surface area contributed by atoms with Crippen molar-refractivity contribution in [2.45, 2.75) is 13.3 Å². The number of halogens is 1. The second-order valence-corrected chi connectivity index (χ2v) is 7.50. The van der Waals surface area contributed by atoms with Gasteiger partial charge in [-0.15, -0.1) is 0 Å². The van der Waals surface area contributed by atoms with Crippen LogP contribution in [0, 0.1) is 0 Å². The summed E-state index contributed by atoms with van der Waals surface area (Å²) in [6.45, 7) is 6.43. The topological polar surface area (TPSA) is 84.9 Å². The lowest BCUT2D eigenvalue weighted by molar-refractivity contribution is -0.122. The molecule has 31 heavy (non-hydrogen) atoms. The van der Waals surface area contributed by atoms with Crippen LogP contribution in [0.25, 0.3) is 6.08 Å². The number of rotatable bonds is 8. The van der Waals surface area contributed by atoms with E-state index in [1.807, 2.05) is 6.92 Å². The van der Waals surface area contributed by atoms with Crippen LogP contribution in [0.5, 0.6) is 11.5 Å². The molecule has 1 heterocycles. The van der Waals surface area contributed by atoms with Gasteiger partial charge >= 0.3 is 6.03 Å². The first-order valence-electron chi connectivity index (χ1n) is 9.62. The number of nitrogens with zero attached hydrogens (tertiary/aromatic N) is 1. The summed E-state index contributed by atoms with van der Waals surface area (Å²) in [5.41, 5.74) is 0.641. The van der Waals surface area contributed by atoms with E-state index < -0.39 is 17.8 Å². The van der Waals surface area contributed by atoms with Crippen LogP contribution in [0.15, 0.2) is 65.2 Å². The first kappa shape index (κ1) is 22.3. The third kappa shape index (κ3) is 5.21. The number of imide groups is 2. The van der Waals surface area contributed by atoms with Crippen LogP contribution in [-0.2, 0) is 9.59 Å². The molecule has 1 N–H and O–H groups in total. The number of benzene rings is 2. The Morgan fingerprint density at radius 2 is 1.84 bits per heavy atom. The smallest absolute Gasteiger partial charge is 0.335 e. The second kappa shape index (κ2) is 10.1. The zero-order valence-electron chi connectivity index (χ0n) is 16.9. The Balaban J connectivity index is 1.95. The summed E-state index contributed by atoms with van der Waals surface area (Å²) in [6.07, 6.45) is 3.85. The van der Waals surface area contributed by atoms with Crippen molar-refractivity contribution in [3.05, 3.63) is 70.7 Å². The minimum atomic E-state index is -0.813. The van der Waals surface area contributed by atoms with Gasteiger partial charge in [0.1, 0.15) is 23.7 Å². The number of barbiturate groups is 1. The second-order valence-electron chi connectivity index (χ2n) is 6.58. The first-order valence-corrected chi connectivity index (χ1v) is 10.4. The summed E-state index contributed by atoms with van der Waals surface area (Å²) in [6, 6.07) is 10.9. The van der Waals surface area contributed by atoms with Gasteiger partial charge in [-0.05, 0) is 55.0 Å². The molecule has 0 spiro atoms. The lowest BCUT2D eigenvalue weighted by Gasteiger charge is -2.26. The number of carbonyl (C=O) groups is 3. The third-order valence-electron chi connectivity index (χ3n) is 4.30. The van der Waals surface area contributed by atoms with Crippen LogP contribution in [0.3, 0.4) is 0 Å². The van der Waals surface area contributed by atoms with Gasteiger partial charge < -0.3 is 9.47 Å². The minimum absolute atomic E-state index is 0.188. The molecule has 160 valence electrons. The maximum Gasteiger partial charge on any atom is 0.335 e. The van der Waals surface area contributed by atoms with Gasteiger partial charge in [0.25, 0.3) is 11.8 Å². The zero-order valence-corrected chi connectivity index (χ0v) is 18.5. The fourth-order valence-corrected chi connectivity index (χ4v) is 3.25. The average molecular weight is 485 g/mol. The van der Waals surface area contributed by atoms with Gasteiger partial charge in [-0.3, -0.25) is 14.9 Å². The summed E-state index contributed by atoms with van der Waals surface area (Å²) >= 11 is 3.38. The Morgan fingerprint density at radius 1 is 1.10 bits per heavy atom. The number of carbonyl (C=O) groups excluding carboxylic acids is 3. The number of nitrogens with one attached hydrogen (secondary N) is 1. The molecule has 0 unspecified atom stereocenters. The Kier molecular flexibility index (Phi) is 7.25. The monoisotopic (exact) mass is 484 g/mol. The number of urea groups is 1. The summed E-state index contributed by atoms with van der Waals surface area (Å²) in [5.74, 6) is -0.410. The Bertz CT molecular complexity index is 1050. The van der Waals surface area contributed by atoms with Crippen molar-refractivity contribution in [3.8, 4) is 11.5 Å². The van der Waals surface area contributed by atoms with E-state index in [-0.39, 0.29) is 12.2 Å². The van der Waals surface area contributed by atoms with E-state index in [9.17, 15) is 14.4 Å². The predicted molar refractivity (Wildman–Crippen MR) is 121 cm³/mol. The highest BCUT2D eigenvalue weighted by Gasteiger charge is 2.37. The van der Waals surface area contributed by atoms with Crippen LogP contribution < -0.4 is 19.7 Å². The molecule has 0 radical (unpaired) electrons. The highest BCUT2D eigenvalue weighted by Crippen LogP contribution is 2.28. The molecule has 0 aromatic heterocycles. The van der Waals surface area contributed by atoms with Gasteiger partial charge in [0, 0.05) is 10.0 Å². The van der Waals surface area contributed by atoms with Gasteiger partial charge in [0.2, 0.25) is 0 Å². The summed E-state index contributed by atoms with van der Waals surface area (Å²) in [5, 5.41) is 2.21. The maximum atomic E-state index is 13.1. The molecule has 0 bridgehead atoms. The molecular weight excluding hydrogens is 464 g/mol. The van der Waals surface area contributed by atoms with Crippen LogP contribution in [-0.4, -0.2) is 31.1 Å². The van der Waals surface area contributed by atoms with Gasteiger partial charge in [0.15, 0.2) is 0 Å². The van der Waals surface area contributed by atoms with E-state index in [1.54, 1.807) is 48.5 Å². The molecule has 0 saturated carbocycles. The first-order chi connectivity index (χ1) is 14.9. The van der Waals surface area contributed by atoms with Crippen molar-refractivity contribution in [2.24, 2.45) is 0 Å². The molecule has 7 nitrogen and oxygen atoms in total. The lowest BCUT2D eigenvalue weighted by Crippen LogP contribution is -2.54. The standard InChI is InChI=1S/C23H21BrN2O5/c1-3-11-30-18-8-6-17(7-9-18)26-22(28)19(21(27)25-23(26)29)14-15-13-16(24)5-10-20(15)31-12-4-2/h4-10,13-14H,2-3,11-12H2,1H3,(H,25,27,29)/b19-14-. The highest BCUT2D eigenvalue weighted by molar-refractivity contribution is 9.10. The van der Waals surface area contributed by atoms with Crippen molar-refractivity contribution in [1.82, 2.24) is 5.32 Å². The van der Waals surface area contributed by atoms with Gasteiger partial charge in [-0.1, -0.05) is 35.5 Å². The quantitative estimate of drug-likeness (QED) is 0.339. The molecule has 1 aliphatic heterocycles. The summed E-state index contributed by atoms with van der Waals surface area (Å²) in [7, 11) is 0. The largest absolute Gasteiger partial charge is 0.494 e. The van der Waals surface area contributed by atoms with E-state index in [0.717, 1.165) is 15.8 Å². The van der Waals surface area contributed by atoms with E-state index in [4.69, 9.17) is 9.47 Å². The van der Waals surface area contributed by atoms with E-state index in [2.05, 4.69) is 27.8 Å². The molecule has 2 aromatic rings. The Hall–Kier alpha value is -3.39. The van der Waals surface area contributed by atoms with Gasteiger partial charge in [-0.2, -0.15) is 0 Å². The molecule has 3 rings (SSSR count). The van der Waals surface area contributed by atoms with Crippen molar-refractivity contribution < 1.29 is 23.9 Å². The Morgan fingerprint density at radius 3 is 2.52 bits per heavy atom. The van der Waals surface area contributed by atoms with Crippen molar-refractivity contribution in [1.29, 1.82) is 0 Å². The molecule has 1 saturated heterocycles. The average Bonchev–Trinajstić information content (AvgIpc) is 2.75. The number of hydrogen-bond donors (Lipinski definition) is 1. The van der Waals surface area contributed by atoms with Crippen molar-refractivity contribution in [3.63, 3.8) is 0 Å². The summed E-state index contributed by atoms with van der Waals surface area (Å²) in [4.78, 5) is 38.9. The van der Waals surface area contributed by atoms with E-state index in [0.29, 0.717) is 29.4 Å². The molecule has 8 heteroatoms. The molecule has 1 aliphatic rings. The fraction of sp³-hybridized carbons (Fsp3) is 0.174. The minimum Gasteiger partial charge on any atom is -0.494 e. The number of anilines is 1. The van der Waals surface area contributed by atoms with Crippen LogP contribution in [0.2, 0.25) is 0 Å². The van der Waals surface area contributed by atoms with Gasteiger partial charge in [-0.25, -0.2) is 9.69 Å². The molecule has 4 amide bonds. The normalized spacial score (nSPS) is 15.1. The van der Waals surface area contributed by atoms with Gasteiger partial charge in [0.05, 0.1) is 12.3 Å².